The van der Waals surface area contributed by atoms with E-state index in [4.69, 9.17) is 0 Å². The summed E-state index contributed by atoms with van der Waals surface area (Å²) in [6, 6.07) is 0.498. The number of carbonyl (C=O) groups excluding carboxylic acids is 1. The molecule has 2 aliphatic carbocycles. The lowest BCUT2D eigenvalue weighted by atomic mass is 9.85. The molecule has 0 spiro atoms. The zero-order chi connectivity index (χ0) is 8.77. The van der Waals surface area contributed by atoms with E-state index in [0.717, 1.165) is 6.42 Å². The second kappa shape index (κ2) is 2.56. The van der Waals surface area contributed by atoms with Crippen LogP contribution in [0.5, 0.6) is 0 Å². The molecule has 3 unspecified atom stereocenters. The first-order valence-corrected chi connectivity index (χ1v) is 4.92. The SMILES string of the molecule is CNC1C2CCCCC21C(C)=O. The summed E-state index contributed by atoms with van der Waals surface area (Å²) in [5, 5.41) is 3.28. The Morgan fingerprint density at radius 3 is 2.75 bits per heavy atom. The van der Waals surface area contributed by atoms with Crippen LogP contribution >= 0.6 is 0 Å². The van der Waals surface area contributed by atoms with Crippen LogP contribution in [0.4, 0.5) is 0 Å². The van der Waals surface area contributed by atoms with Crippen LogP contribution in [0.3, 0.4) is 0 Å². The van der Waals surface area contributed by atoms with E-state index in [9.17, 15) is 4.79 Å². The summed E-state index contributed by atoms with van der Waals surface area (Å²) in [4.78, 5) is 11.5. The Labute approximate surface area is 73.7 Å². The Bertz CT molecular complexity index is 208. The highest BCUT2D eigenvalue weighted by Crippen LogP contribution is 2.61. The molecule has 3 atom stereocenters. The molecule has 0 aliphatic heterocycles. The van der Waals surface area contributed by atoms with Gasteiger partial charge in [0.15, 0.2) is 0 Å². The second-order valence-electron chi connectivity index (χ2n) is 4.22. The fraction of sp³-hybridized carbons (Fsp3) is 0.900. The van der Waals surface area contributed by atoms with Crippen LogP contribution in [0.2, 0.25) is 0 Å². The van der Waals surface area contributed by atoms with Gasteiger partial charge in [0, 0.05) is 11.5 Å². The van der Waals surface area contributed by atoms with Gasteiger partial charge in [0.1, 0.15) is 5.78 Å². The van der Waals surface area contributed by atoms with Crippen molar-refractivity contribution in [3.63, 3.8) is 0 Å². The van der Waals surface area contributed by atoms with Crippen molar-refractivity contribution < 1.29 is 4.79 Å². The number of hydrogen-bond donors (Lipinski definition) is 1. The standard InChI is InChI=1S/C10H17NO/c1-7(12)10-6-4-3-5-8(10)9(10)11-2/h8-9,11H,3-6H2,1-2H3. The van der Waals surface area contributed by atoms with Crippen LogP contribution < -0.4 is 5.32 Å². The maximum absolute atomic E-state index is 11.5. The van der Waals surface area contributed by atoms with Crippen molar-refractivity contribution >= 4 is 5.78 Å². The maximum Gasteiger partial charge on any atom is 0.137 e. The van der Waals surface area contributed by atoms with E-state index in [0.29, 0.717) is 17.7 Å². The zero-order valence-electron chi connectivity index (χ0n) is 7.89. The molecule has 2 fully saturated rings. The topological polar surface area (TPSA) is 29.1 Å². The van der Waals surface area contributed by atoms with Crippen LogP contribution in [0.15, 0.2) is 0 Å². The lowest BCUT2D eigenvalue weighted by Gasteiger charge is -2.18. The molecule has 1 N–H and O–H groups in total. The van der Waals surface area contributed by atoms with E-state index in [1.165, 1.54) is 19.3 Å². The summed E-state index contributed by atoms with van der Waals surface area (Å²) in [7, 11) is 1.98. The summed E-state index contributed by atoms with van der Waals surface area (Å²) in [6.07, 6.45) is 4.94. The van der Waals surface area contributed by atoms with Gasteiger partial charge in [0.05, 0.1) is 0 Å². The summed E-state index contributed by atoms with van der Waals surface area (Å²) >= 11 is 0. The monoisotopic (exact) mass is 167 g/mol. The molecule has 2 aliphatic rings. The number of hydrogen-bond acceptors (Lipinski definition) is 2. The van der Waals surface area contributed by atoms with Crippen molar-refractivity contribution in [2.75, 3.05) is 7.05 Å². The Hall–Kier alpha value is -0.370. The average Bonchev–Trinajstić information content (AvgIpc) is 2.73. The molecule has 0 heterocycles. The van der Waals surface area contributed by atoms with Crippen LogP contribution in [0, 0.1) is 11.3 Å². The van der Waals surface area contributed by atoms with Gasteiger partial charge in [0.2, 0.25) is 0 Å². The van der Waals surface area contributed by atoms with Gasteiger partial charge < -0.3 is 5.32 Å². The van der Waals surface area contributed by atoms with Crippen molar-refractivity contribution in [1.29, 1.82) is 0 Å². The molecule has 0 amide bonds. The molecule has 2 nitrogen and oxygen atoms in total. The predicted octanol–water partition coefficient (Wildman–Crippen LogP) is 1.35. The summed E-state index contributed by atoms with van der Waals surface area (Å²) in [5.41, 5.74) is 0.0625. The Kier molecular flexibility index (Phi) is 1.76. The van der Waals surface area contributed by atoms with Gasteiger partial charge in [-0.25, -0.2) is 0 Å². The van der Waals surface area contributed by atoms with E-state index >= 15 is 0 Å². The fourth-order valence-corrected chi connectivity index (χ4v) is 3.18. The minimum absolute atomic E-state index is 0.0625. The van der Waals surface area contributed by atoms with Crippen LogP contribution in [0.25, 0.3) is 0 Å². The zero-order valence-corrected chi connectivity index (χ0v) is 7.89. The molecule has 2 saturated carbocycles. The number of fused-ring (bicyclic) bond motifs is 1. The van der Waals surface area contributed by atoms with Gasteiger partial charge in [-0.15, -0.1) is 0 Å². The quantitative estimate of drug-likeness (QED) is 0.672. The number of ketones is 1. The van der Waals surface area contributed by atoms with Crippen molar-refractivity contribution in [2.24, 2.45) is 11.3 Å². The molecule has 0 radical (unpaired) electrons. The molecule has 2 rings (SSSR count). The minimum atomic E-state index is 0.0625. The number of rotatable bonds is 2. The smallest absolute Gasteiger partial charge is 0.137 e. The third kappa shape index (κ3) is 0.817. The van der Waals surface area contributed by atoms with E-state index in [1.54, 1.807) is 6.92 Å². The van der Waals surface area contributed by atoms with E-state index in [2.05, 4.69) is 5.32 Å². The molecule has 0 aromatic rings. The van der Waals surface area contributed by atoms with Gasteiger partial charge in [-0.3, -0.25) is 4.79 Å². The lowest BCUT2D eigenvalue weighted by molar-refractivity contribution is -0.123. The summed E-state index contributed by atoms with van der Waals surface area (Å²) in [5.74, 6) is 1.07. The third-order valence-electron chi connectivity index (χ3n) is 3.83. The number of carbonyl (C=O) groups is 1. The van der Waals surface area contributed by atoms with E-state index in [1.807, 2.05) is 7.05 Å². The van der Waals surface area contributed by atoms with Gasteiger partial charge >= 0.3 is 0 Å². The largest absolute Gasteiger partial charge is 0.316 e. The molecule has 2 heteroatoms. The normalized spacial score (nSPS) is 45.2. The number of nitrogens with one attached hydrogen (secondary N) is 1. The highest BCUT2D eigenvalue weighted by Gasteiger charge is 2.66. The Morgan fingerprint density at radius 1 is 1.50 bits per heavy atom. The van der Waals surface area contributed by atoms with Gasteiger partial charge in [0.25, 0.3) is 0 Å². The predicted molar refractivity (Wildman–Crippen MR) is 47.9 cm³/mol. The molecular weight excluding hydrogens is 150 g/mol. The first-order chi connectivity index (χ1) is 5.73. The van der Waals surface area contributed by atoms with Gasteiger partial charge in [-0.05, 0) is 32.7 Å². The van der Waals surface area contributed by atoms with E-state index in [-0.39, 0.29) is 5.41 Å². The molecule has 0 aromatic heterocycles. The van der Waals surface area contributed by atoms with Gasteiger partial charge in [-0.1, -0.05) is 12.8 Å². The average molecular weight is 167 g/mol. The minimum Gasteiger partial charge on any atom is -0.316 e. The Balaban J connectivity index is 2.18. The van der Waals surface area contributed by atoms with Crippen LogP contribution in [0.1, 0.15) is 32.6 Å². The molecule has 68 valence electrons. The summed E-state index contributed by atoms with van der Waals surface area (Å²) in [6.45, 7) is 1.76. The van der Waals surface area contributed by atoms with Gasteiger partial charge in [-0.2, -0.15) is 0 Å². The molecule has 0 bridgehead atoms. The van der Waals surface area contributed by atoms with Crippen LogP contribution in [-0.2, 0) is 4.79 Å². The Morgan fingerprint density at radius 2 is 2.25 bits per heavy atom. The molecule has 12 heavy (non-hydrogen) atoms. The molecule has 0 aromatic carbocycles. The highest BCUT2D eigenvalue weighted by molar-refractivity contribution is 5.87. The van der Waals surface area contributed by atoms with E-state index < -0.39 is 0 Å². The van der Waals surface area contributed by atoms with Crippen molar-refractivity contribution in [3.8, 4) is 0 Å². The fourth-order valence-electron chi connectivity index (χ4n) is 3.18. The van der Waals surface area contributed by atoms with Crippen molar-refractivity contribution in [1.82, 2.24) is 5.32 Å². The van der Waals surface area contributed by atoms with Crippen molar-refractivity contribution in [2.45, 2.75) is 38.6 Å². The molecule has 0 saturated heterocycles. The summed E-state index contributed by atoms with van der Waals surface area (Å²) < 4.78 is 0. The highest BCUT2D eigenvalue weighted by atomic mass is 16.1. The lowest BCUT2D eigenvalue weighted by Crippen LogP contribution is -2.25. The third-order valence-corrected chi connectivity index (χ3v) is 3.83. The first-order valence-electron chi connectivity index (χ1n) is 4.92. The van der Waals surface area contributed by atoms with Crippen molar-refractivity contribution in [3.05, 3.63) is 0 Å². The maximum atomic E-state index is 11.5. The second-order valence-corrected chi connectivity index (χ2v) is 4.22. The number of Topliss-reactive ketones (excluding diaryl/α,β-unsaturated/α-hetero) is 1. The molecular formula is C10H17NO. The first kappa shape index (κ1) is 8.24. The van der Waals surface area contributed by atoms with Crippen LogP contribution in [-0.4, -0.2) is 18.9 Å².